The maximum Gasteiger partial charge on any atom is 0.332 e. The first-order valence-corrected chi connectivity index (χ1v) is 5.66. The zero-order chi connectivity index (χ0) is 8.69. The van der Waals surface area contributed by atoms with Crippen LogP contribution in [0.25, 0.3) is 0 Å². The third-order valence-corrected chi connectivity index (χ3v) is 2.97. The molecule has 0 aromatic rings. The van der Waals surface area contributed by atoms with Crippen LogP contribution in [0.15, 0.2) is 10.3 Å². The summed E-state index contributed by atoms with van der Waals surface area (Å²) >= 11 is 3.09. The van der Waals surface area contributed by atoms with Crippen LogP contribution in [-0.4, -0.2) is 25.1 Å². The standard InChI is InChI=1S/C7H12O2S2/c1-4-9-6(8)5-7(10-2)11-3/h5H,4H2,1-3H3. The fourth-order valence-corrected chi connectivity index (χ4v) is 1.58. The summed E-state index contributed by atoms with van der Waals surface area (Å²) in [5.41, 5.74) is 0. The topological polar surface area (TPSA) is 26.3 Å². The lowest BCUT2D eigenvalue weighted by Crippen LogP contribution is -1.99. The number of rotatable bonds is 4. The Bertz CT molecular complexity index is 149. The molecule has 0 spiro atoms. The van der Waals surface area contributed by atoms with Gasteiger partial charge in [-0.1, -0.05) is 0 Å². The van der Waals surface area contributed by atoms with Crippen LogP contribution in [0, 0.1) is 0 Å². The van der Waals surface area contributed by atoms with Crippen LogP contribution in [-0.2, 0) is 9.53 Å². The average molecular weight is 192 g/mol. The van der Waals surface area contributed by atoms with Crippen molar-refractivity contribution < 1.29 is 9.53 Å². The van der Waals surface area contributed by atoms with Crippen molar-refractivity contribution in [3.8, 4) is 0 Å². The molecule has 0 aromatic heterocycles. The van der Waals surface area contributed by atoms with Gasteiger partial charge < -0.3 is 4.74 Å². The molecule has 64 valence electrons. The molecule has 0 atom stereocenters. The van der Waals surface area contributed by atoms with E-state index in [1.54, 1.807) is 30.4 Å². The minimum atomic E-state index is -0.258. The van der Waals surface area contributed by atoms with Gasteiger partial charge in [-0.25, -0.2) is 4.79 Å². The third kappa shape index (κ3) is 5.21. The van der Waals surface area contributed by atoms with E-state index in [9.17, 15) is 4.79 Å². The highest BCUT2D eigenvalue weighted by Crippen LogP contribution is 2.22. The highest BCUT2D eigenvalue weighted by molar-refractivity contribution is 8.21. The molecule has 0 unspecified atom stereocenters. The Hall–Kier alpha value is -0.0900. The highest BCUT2D eigenvalue weighted by Gasteiger charge is 1.98. The lowest BCUT2D eigenvalue weighted by atomic mass is 10.6. The predicted molar refractivity (Wildman–Crippen MR) is 51.7 cm³/mol. The number of esters is 1. The van der Waals surface area contributed by atoms with Crippen molar-refractivity contribution in [3.05, 3.63) is 10.3 Å². The molecule has 0 aliphatic heterocycles. The van der Waals surface area contributed by atoms with Crippen molar-refractivity contribution in [2.45, 2.75) is 6.92 Å². The van der Waals surface area contributed by atoms with Gasteiger partial charge in [0.1, 0.15) is 0 Å². The fraction of sp³-hybridized carbons (Fsp3) is 0.571. The van der Waals surface area contributed by atoms with Crippen molar-refractivity contribution in [3.63, 3.8) is 0 Å². The maximum absolute atomic E-state index is 10.8. The first-order chi connectivity index (χ1) is 5.24. The molecule has 0 aliphatic rings. The smallest absolute Gasteiger partial charge is 0.332 e. The van der Waals surface area contributed by atoms with Gasteiger partial charge in [0.2, 0.25) is 0 Å². The number of ether oxygens (including phenoxy) is 1. The number of carbonyl (C=O) groups excluding carboxylic acids is 1. The van der Waals surface area contributed by atoms with E-state index in [4.69, 9.17) is 4.74 Å². The summed E-state index contributed by atoms with van der Waals surface area (Å²) in [5, 5.41) is 0. The van der Waals surface area contributed by atoms with Gasteiger partial charge >= 0.3 is 5.97 Å². The molecular weight excluding hydrogens is 180 g/mol. The van der Waals surface area contributed by atoms with Crippen molar-refractivity contribution in [1.29, 1.82) is 0 Å². The Morgan fingerprint density at radius 2 is 2.00 bits per heavy atom. The zero-order valence-electron chi connectivity index (χ0n) is 6.92. The molecule has 0 bridgehead atoms. The van der Waals surface area contributed by atoms with Gasteiger partial charge in [0.15, 0.2) is 0 Å². The van der Waals surface area contributed by atoms with E-state index >= 15 is 0 Å². The molecule has 0 saturated carbocycles. The van der Waals surface area contributed by atoms with Gasteiger partial charge in [-0.3, -0.25) is 0 Å². The molecule has 0 aliphatic carbocycles. The minimum Gasteiger partial charge on any atom is -0.463 e. The summed E-state index contributed by atoms with van der Waals surface area (Å²) in [6.45, 7) is 2.23. The minimum absolute atomic E-state index is 0.258. The maximum atomic E-state index is 10.8. The SMILES string of the molecule is CCOC(=O)C=C(SC)SC. The molecular formula is C7H12O2S2. The Kier molecular flexibility index (Phi) is 6.56. The number of hydrogen-bond donors (Lipinski definition) is 0. The second kappa shape index (κ2) is 6.61. The number of carbonyl (C=O) groups is 1. The molecule has 0 saturated heterocycles. The van der Waals surface area contributed by atoms with E-state index < -0.39 is 0 Å². The van der Waals surface area contributed by atoms with E-state index in [1.807, 2.05) is 12.5 Å². The van der Waals surface area contributed by atoms with E-state index in [1.165, 1.54) is 6.08 Å². The molecule has 2 nitrogen and oxygen atoms in total. The lowest BCUT2D eigenvalue weighted by molar-refractivity contribution is -0.137. The van der Waals surface area contributed by atoms with Crippen LogP contribution in [0.1, 0.15) is 6.92 Å². The second-order valence-corrected chi connectivity index (χ2v) is 3.58. The number of hydrogen-bond acceptors (Lipinski definition) is 4. The van der Waals surface area contributed by atoms with Gasteiger partial charge in [-0.2, -0.15) is 0 Å². The zero-order valence-corrected chi connectivity index (χ0v) is 8.55. The lowest BCUT2D eigenvalue weighted by Gasteiger charge is -1.98. The summed E-state index contributed by atoms with van der Waals surface area (Å²) in [5.74, 6) is -0.258. The number of thioether (sulfide) groups is 2. The summed E-state index contributed by atoms with van der Waals surface area (Å²) in [6.07, 6.45) is 5.38. The molecule has 0 N–H and O–H groups in total. The van der Waals surface area contributed by atoms with Gasteiger partial charge in [0, 0.05) is 10.3 Å². The van der Waals surface area contributed by atoms with Crippen LogP contribution < -0.4 is 0 Å². The van der Waals surface area contributed by atoms with Gasteiger partial charge in [0.05, 0.1) is 6.61 Å². The van der Waals surface area contributed by atoms with Gasteiger partial charge in [0.25, 0.3) is 0 Å². The monoisotopic (exact) mass is 192 g/mol. The van der Waals surface area contributed by atoms with Crippen molar-refractivity contribution >= 4 is 29.5 Å². The van der Waals surface area contributed by atoms with Crippen molar-refractivity contribution in [2.75, 3.05) is 19.1 Å². The molecule has 0 heterocycles. The summed E-state index contributed by atoms with van der Waals surface area (Å²) in [7, 11) is 0. The molecule has 11 heavy (non-hydrogen) atoms. The van der Waals surface area contributed by atoms with Crippen molar-refractivity contribution in [2.24, 2.45) is 0 Å². The Morgan fingerprint density at radius 1 is 1.45 bits per heavy atom. The molecule has 0 aromatic carbocycles. The Morgan fingerprint density at radius 3 is 2.36 bits per heavy atom. The summed E-state index contributed by atoms with van der Waals surface area (Å²) in [6, 6.07) is 0. The quantitative estimate of drug-likeness (QED) is 0.503. The van der Waals surface area contributed by atoms with E-state index in [0.29, 0.717) is 6.61 Å². The van der Waals surface area contributed by atoms with Gasteiger partial charge in [-0.15, -0.1) is 23.5 Å². The summed E-state index contributed by atoms with van der Waals surface area (Å²) in [4.78, 5) is 10.8. The second-order valence-electron chi connectivity index (χ2n) is 1.62. The first kappa shape index (κ1) is 10.9. The Balaban J connectivity index is 3.93. The van der Waals surface area contributed by atoms with E-state index in [-0.39, 0.29) is 5.97 Å². The fourth-order valence-electron chi connectivity index (χ4n) is 0.481. The third-order valence-electron chi connectivity index (χ3n) is 0.925. The van der Waals surface area contributed by atoms with Crippen molar-refractivity contribution in [1.82, 2.24) is 0 Å². The van der Waals surface area contributed by atoms with Crippen LogP contribution in [0.2, 0.25) is 0 Å². The van der Waals surface area contributed by atoms with Crippen LogP contribution >= 0.6 is 23.5 Å². The Labute approximate surface area is 75.8 Å². The highest BCUT2D eigenvalue weighted by atomic mass is 32.2. The molecule has 0 fully saturated rings. The van der Waals surface area contributed by atoms with Crippen LogP contribution in [0.5, 0.6) is 0 Å². The molecule has 4 heteroatoms. The predicted octanol–water partition coefficient (Wildman–Crippen LogP) is 2.12. The largest absolute Gasteiger partial charge is 0.463 e. The normalized spacial score (nSPS) is 9.00. The van der Waals surface area contributed by atoms with Crippen LogP contribution in [0.4, 0.5) is 0 Å². The summed E-state index contributed by atoms with van der Waals surface area (Å²) < 4.78 is 5.71. The molecule has 0 radical (unpaired) electrons. The molecule has 0 amide bonds. The first-order valence-electron chi connectivity index (χ1n) is 3.21. The van der Waals surface area contributed by atoms with E-state index in [0.717, 1.165) is 4.24 Å². The van der Waals surface area contributed by atoms with Gasteiger partial charge in [-0.05, 0) is 19.4 Å². The van der Waals surface area contributed by atoms with E-state index in [2.05, 4.69) is 0 Å². The van der Waals surface area contributed by atoms with Crippen LogP contribution in [0.3, 0.4) is 0 Å². The molecule has 0 rings (SSSR count). The average Bonchev–Trinajstić information content (AvgIpc) is 2.01.